The topological polar surface area (TPSA) is 39.7 Å². The van der Waals surface area contributed by atoms with Crippen molar-refractivity contribution in [3.8, 4) is 0 Å². The predicted octanol–water partition coefficient (Wildman–Crippen LogP) is 3.71. The van der Waals surface area contributed by atoms with Crippen LogP contribution in [0.25, 0.3) is 0 Å². The molecule has 1 rings (SSSR count). The molecule has 6 heteroatoms. The third kappa shape index (κ3) is 8.33. The number of unbranched alkanes of at least 4 members (excludes halogenated alkanes) is 3. The number of rotatable bonds is 9. The van der Waals surface area contributed by atoms with E-state index in [0.29, 0.717) is 6.04 Å². The van der Waals surface area contributed by atoms with Gasteiger partial charge in [-0.05, 0) is 32.0 Å². The molecule has 0 aliphatic carbocycles. The molecule has 1 aromatic heterocycles. The van der Waals surface area contributed by atoms with Gasteiger partial charge in [-0.15, -0.1) is 35.3 Å². The Kier molecular flexibility index (Phi) is 12.9. The summed E-state index contributed by atoms with van der Waals surface area (Å²) in [5.41, 5.74) is 0. The molecule has 1 aromatic rings. The highest BCUT2D eigenvalue weighted by molar-refractivity contribution is 14.0. The molecule has 0 amide bonds. The van der Waals surface area contributed by atoms with Crippen LogP contribution in [-0.4, -0.2) is 45.1 Å². The minimum Gasteiger partial charge on any atom is -0.356 e. The molecule has 0 fully saturated rings. The molecule has 0 spiro atoms. The zero-order valence-corrected chi connectivity index (χ0v) is 17.4. The van der Waals surface area contributed by atoms with E-state index in [1.165, 1.54) is 30.6 Å². The Morgan fingerprint density at radius 3 is 2.59 bits per heavy atom. The maximum atomic E-state index is 4.30. The van der Waals surface area contributed by atoms with Crippen molar-refractivity contribution in [3.63, 3.8) is 0 Å². The standard InChI is InChI=1S/C16H30N4S.HI/c1-5-6-7-8-11-18-16(17-2)19-13-14(20(3)4)15-10-9-12-21-15;/h9-10,12,14H,5-8,11,13H2,1-4H3,(H2,17,18,19);1H. The quantitative estimate of drug-likeness (QED) is 0.267. The van der Waals surface area contributed by atoms with Crippen molar-refractivity contribution in [3.05, 3.63) is 22.4 Å². The maximum absolute atomic E-state index is 4.30. The molecule has 0 aromatic carbocycles. The summed E-state index contributed by atoms with van der Waals surface area (Å²) in [6.07, 6.45) is 5.08. The van der Waals surface area contributed by atoms with E-state index in [2.05, 4.69) is 59.1 Å². The highest BCUT2D eigenvalue weighted by Crippen LogP contribution is 2.22. The highest BCUT2D eigenvalue weighted by Gasteiger charge is 2.15. The van der Waals surface area contributed by atoms with Crippen molar-refractivity contribution in [1.29, 1.82) is 0 Å². The summed E-state index contributed by atoms with van der Waals surface area (Å²) in [6.45, 7) is 4.09. The van der Waals surface area contributed by atoms with Crippen LogP contribution in [0.2, 0.25) is 0 Å². The van der Waals surface area contributed by atoms with Crippen LogP contribution in [0.15, 0.2) is 22.5 Å². The fourth-order valence-corrected chi connectivity index (χ4v) is 3.11. The van der Waals surface area contributed by atoms with Gasteiger partial charge in [-0.2, -0.15) is 0 Å². The minimum absolute atomic E-state index is 0. The lowest BCUT2D eigenvalue weighted by atomic mass is 10.2. The van der Waals surface area contributed by atoms with Gasteiger partial charge >= 0.3 is 0 Å². The first-order chi connectivity index (χ1) is 10.2. The van der Waals surface area contributed by atoms with Crippen LogP contribution in [-0.2, 0) is 0 Å². The number of guanidine groups is 1. The summed E-state index contributed by atoms with van der Waals surface area (Å²) in [5.74, 6) is 0.898. The van der Waals surface area contributed by atoms with Crippen molar-refractivity contribution >= 4 is 41.3 Å². The molecule has 1 heterocycles. The van der Waals surface area contributed by atoms with Gasteiger partial charge in [0.1, 0.15) is 0 Å². The Labute approximate surface area is 156 Å². The van der Waals surface area contributed by atoms with Gasteiger partial charge in [0, 0.05) is 25.0 Å². The van der Waals surface area contributed by atoms with Gasteiger partial charge in [0.2, 0.25) is 0 Å². The second-order valence-electron chi connectivity index (χ2n) is 5.44. The molecule has 0 aliphatic rings. The fraction of sp³-hybridized carbons (Fsp3) is 0.688. The van der Waals surface area contributed by atoms with Gasteiger partial charge in [0.25, 0.3) is 0 Å². The van der Waals surface area contributed by atoms with E-state index in [-0.39, 0.29) is 24.0 Å². The summed E-state index contributed by atoms with van der Waals surface area (Å²) in [5, 5.41) is 8.96. The van der Waals surface area contributed by atoms with E-state index in [1.54, 1.807) is 11.3 Å². The van der Waals surface area contributed by atoms with E-state index < -0.39 is 0 Å². The van der Waals surface area contributed by atoms with Crippen LogP contribution < -0.4 is 10.6 Å². The zero-order chi connectivity index (χ0) is 15.5. The first-order valence-corrected chi connectivity index (χ1v) is 8.71. The van der Waals surface area contributed by atoms with Crippen LogP contribution in [0.3, 0.4) is 0 Å². The number of thiophene rings is 1. The Bertz CT molecular complexity index is 393. The van der Waals surface area contributed by atoms with Gasteiger partial charge in [0.05, 0.1) is 6.04 Å². The third-order valence-electron chi connectivity index (χ3n) is 3.50. The number of nitrogens with one attached hydrogen (secondary N) is 2. The molecule has 0 saturated heterocycles. The Morgan fingerprint density at radius 1 is 1.27 bits per heavy atom. The summed E-state index contributed by atoms with van der Waals surface area (Å²) >= 11 is 1.80. The van der Waals surface area contributed by atoms with Gasteiger partial charge in [-0.1, -0.05) is 32.3 Å². The van der Waals surface area contributed by atoms with Crippen molar-refractivity contribution < 1.29 is 0 Å². The molecule has 4 nitrogen and oxygen atoms in total. The fourth-order valence-electron chi connectivity index (χ4n) is 2.19. The van der Waals surface area contributed by atoms with Crippen molar-refractivity contribution in [2.45, 2.75) is 38.6 Å². The normalized spacial score (nSPS) is 12.9. The molecule has 2 N–H and O–H groups in total. The molecule has 0 saturated carbocycles. The molecule has 1 unspecified atom stereocenters. The Balaban J connectivity index is 0.00000441. The average molecular weight is 438 g/mol. The predicted molar refractivity (Wildman–Crippen MR) is 110 cm³/mol. The molecule has 1 atom stereocenters. The molecule has 22 heavy (non-hydrogen) atoms. The number of halogens is 1. The number of hydrogen-bond acceptors (Lipinski definition) is 3. The maximum Gasteiger partial charge on any atom is 0.191 e. The van der Waals surface area contributed by atoms with Crippen LogP contribution in [0.1, 0.15) is 43.5 Å². The van der Waals surface area contributed by atoms with Crippen molar-refractivity contribution in [2.24, 2.45) is 4.99 Å². The van der Waals surface area contributed by atoms with E-state index in [1.807, 2.05) is 7.05 Å². The molecule has 0 bridgehead atoms. The summed E-state index contributed by atoms with van der Waals surface area (Å²) in [6, 6.07) is 4.68. The molecule has 0 radical (unpaired) electrons. The second kappa shape index (κ2) is 13.1. The number of nitrogens with zero attached hydrogens (tertiary/aromatic N) is 2. The lowest BCUT2D eigenvalue weighted by Gasteiger charge is -2.24. The van der Waals surface area contributed by atoms with Gasteiger partial charge < -0.3 is 15.5 Å². The number of likely N-dealkylation sites (N-methyl/N-ethyl adjacent to an activating group) is 1. The summed E-state index contributed by atoms with van der Waals surface area (Å²) in [4.78, 5) is 7.92. The van der Waals surface area contributed by atoms with Gasteiger partial charge in [0.15, 0.2) is 5.96 Å². The Morgan fingerprint density at radius 2 is 2.05 bits per heavy atom. The first-order valence-electron chi connectivity index (χ1n) is 7.83. The van der Waals surface area contributed by atoms with E-state index in [4.69, 9.17) is 0 Å². The Hall–Kier alpha value is -0.340. The second-order valence-corrected chi connectivity index (χ2v) is 6.41. The zero-order valence-electron chi connectivity index (χ0n) is 14.3. The summed E-state index contributed by atoms with van der Waals surface area (Å²) in [7, 11) is 6.07. The highest BCUT2D eigenvalue weighted by atomic mass is 127. The van der Waals surface area contributed by atoms with Crippen LogP contribution in [0.5, 0.6) is 0 Å². The SMILES string of the molecule is CCCCCCNC(=NC)NCC(c1cccs1)N(C)C.I. The lowest BCUT2D eigenvalue weighted by Crippen LogP contribution is -2.41. The molecule has 0 aliphatic heterocycles. The van der Waals surface area contributed by atoms with Gasteiger partial charge in [-0.3, -0.25) is 4.99 Å². The van der Waals surface area contributed by atoms with Crippen molar-refractivity contribution in [2.75, 3.05) is 34.2 Å². The minimum atomic E-state index is 0. The number of hydrogen-bond donors (Lipinski definition) is 2. The molecular formula is C16H31IN4S. The average Bonchev–Trinajstić information content (AvgIpc) is 2.98. The lowest BCUT2D eigenvalue weighted by molar-refractivity contribution is 0.302. The van der Waals surface area contributed by atoms with Crippen molar-refractivity contribution in [1.82, 2.24) is 15.5 Å². The first kappa shape index (κ1) is 21.7. The summed E-state index contributed by atoms with van der Waals surface area (Å²) < 4.78 is 0. The van der Waals surface area contributed by atoms with Crippen LogP contribution in [0, 0.1) is 0 Å². The smallest absolute Gasteiger partial charge is 0.191 e. The monoisotopic (exact) mass is 438 g/mol. The van der Waals surface area contributed by atoms with E-state index >= 15 is 0 Å². The largest absolute Gasteiger partial charge is 0.356 e. The van der Waals surface area contributed by atoms with Gasteiger partial charge in [-0.25, -0.2) is 0 Å². The molecule has 128 valence electrons. The van der Waals surface area contributed by atoms with Crippen LogP contribution >= 0.6 is 35.3 Å². The number of aliphatic imine (C=N–C) groups is 1. The third-order valence-corrected chi connectivity index (χ3v) is 4.48. The van der Waals surface area contributed by atoms with Crippen LogP contribution in [0.4, 0.5) is 0 Å². The van der Waals surface area contributed by atoms with E-state index in [9.17, 15) is 0 Å². The van der Waals surface area contributed by atoms with E-state index in [0.717, 1.165) is 19.0 Å². The molecular weight excluding hydrogens is 407 g/mol.